The van der Waals surface area contributed by atoms with Crippen LogP contribution in [0.3, 0.4) is 0 Å². The van der Waals surface area contributed by atoms with Crippen molar-refractivity contribution < 1.29 is 69.1 Å². The van der Waals surface area contributed by atoms with Crippen molar-refractivity contribution in [3.05, 3.63) is 58.1 Å². The molecule has 2 aliphatic carbocycles. The van der Waals surface area contributed by atoms with Gasteiger partial charge in [-0.3, -0.25) is 9.59 Å². The van der Waals surface area contributed by atoms with Gasteiger partial charge in [0.1, 0.15) is 53.7 Å². The highest BCUT2D eigenvalue weighted by Crippen LogP contribution is 2.42. The molecular weight excluding hydrogens is 560 g/mol. The van der Waals surface area contributed by atoms with E-state index in [-0.39, 0.29) is 36.3 Å². The van der Waals surface area contributed by atoms with Gasteiger partial charge in [-0.25, -0.2) is 4.79 Å². The summed E-state index contributed by atoms with van der Waals surface area (Å²) in [5, 5.41) is 72.5. The molecule has 1 aliphatic heterocycles. The first-order chi connectivity index (χ1) is 20.0. The van der Waals surface area contributed by atoms with Crippen LogP contribution in [0, 0.1) is 5.92 Å². The topological polar surface area (TPSA) is 230 Å². The number of ether oxygens (including phenoxy) is 4. The number of methoxy groups -OCH3 is 1. The molecule has 42 heavy (non-hydrogen) atoms. The summed E-state index contributed by atoms with van der Waals surface area (Å²) in [5.41, 5.74) is -1.16. The molecule has 1 saturated heterocycles. The highest BCUT2D eigenvalue weighted by molar-refractivity contribution is 6.30. The first-order valence-corrected chi connectivity index (χ1v) is 13.1. The van der Waals surface area contributed by atoms with Gasteiger partial charge in [-0.2, -0.15) is 0 Å². The number of ketones is 2. The van der Waals surface area contributed by atoms with Crippen molar-refractivity contribution in [2.75, 3.05) is 20.3 Å². The maximum atomic E-state index is 13.3. The second-order valence-corrected chi connectivity index (χ2v) is 10.4. The summed E-state index contributed by atoms with van der Waals surface area (Å²) < 4.78 is 21.3. The van der Waals surface area contributed by atoms with Crippen molar-refractivity contribution in [3.8, 4) is 11.5 Å². The first-order valence-electron chi connectivity index (χ1n) is 13.1. The molecule has 3 aliphatic rings. The molecule has 0 aromatic heterocycles. The molecule has 9 unspecified atom stereocenters. The largest absolute Gasteiger partial charge is 0.506 e. The zero-order chi connectivity index (χ0) is 30.5. The van der Waals surface area contributed by atoms with Crippen LogP contribution in [-0.2, 0) is 14.2 Å². The van der Waals surface area contributed by atoms with Crippen molar-refractivity contribution >= 4 is 17.5 Å². The van der Waals surface area contributed by atoms with Crippen molar-refractivity contribution in [2.45, 2.75) is 55.4 Å². The Hall–Kier alpha value is -3.47. The van der Waals surface area contributed by atoms with Crippen LogP contribution in [0.25, 0.3) is 0 Å². The number of phenols is 1. The SMILES string of the molecule is COC(=O)c1c(OC2CC(COC3OCC(O)C(O)C3O)C(O)C(O)C2O)cc2c(c1O)C(=O)c1ccccc1C2=O. The Morgan fingerprint density at radius 2 is 1.57 bits per heavy atom. The minimum atomic E-state index is -1.77. The van der Waals surface area contributed by atoms with Crippen LogP contribution in [0.4, 0.5) is 0 Å². The lowest BCUT2D eigenvalue weighted by molar-refractivity contribution is -0.277. The average Bonchev–Trinajstić information content (AvgIpc) is 2.98. The minimum Gasteiger partial charge on any atom is -0.506 e. The molecule has 5 rings (SSSR count). The van der Waals surface area contributed by atoms with Crippen LogP contribution in [0.1, 0.15) is 48.6 Å². The Morgan fingerprint density at radius 3 is 2.24 bits per heavy atom. The number of fused-ring (bicyclic) bond motifs is 2. The van der Waals surface area contributed by atoms with Gasteiger partial charge in [0.05, 0.1) is 32.0 Å². The van der Waals surface area contributed by atoms with E-state index in [4.69, 9.17) is 18.9 Å². The van der Waals surface area contributed by atoms with Gasteiger partial charge < -0.3 is 54.7 Å². The van der Waals surface area contributed by atoms with Crippen molar-refractivity contribution in [1.82, 2.24) is 0 Å². The Balaban J connectivity index is 1.44. The number of hydrogen-bond donors (Lipinski definition) is 7. The molecule has 2 aromatic carbocycles. The zero-order valence-electron chi connectivity index (χ0n) is 22.2. The van der Waals surface area contributed by atoms with Crippen LogP contribution in [0.2, 0.25) is 0 Å². The number of carbonyl (C=O) groups excluding carboxylic acids is 3. The summed E-state index contributed by atoms with van der Waals surface area (Å²) in [5.74, 6) is -4.67. The molecule has 1 saturated carbocycles. The van der Waals surface area contributed by atoms with Gasteiger partial charge in [0.2, 0.25) is 0 Å². The van der Waals surface area contributed by atoms with Crippen LogP contribution >= 0.6 is 0 Å². The summed E-state index contributed by atoms with van der Waals surface area (Å²) in [6.45, 7) is -0.689. The van der Waals surface area contributed by atoms with Crippen LogP contribution < -0.4 is 4.74 Å². The standard InChI is InChI=1S/C28H30O14/c1-39-27(38)18-15(7-13-17(24(18)35)21(32)12-5-3-2-4-11(12)20(13)31)42-16-6-10(19(30)25(36)23(16)34)8-40-28-26(37)22(33)14(29)9-41-28/h2-5,7,10,14,16,19,22-23,25-26,28-30,33-37H,6,8-9H2,1H3. The molecule has 14 nitrogen and oxygen atoms in total. The molecule has 226 valence electrons. The third-order valence-electron chi connectivity index (χ3n) is 7.85. The Kier molecular flexibility index (Phi) is 8.33. The molecule has 2 fully saturated rings. The number of esters is 1. The lowest BCUT2D eigenvalue weighted by atomic mass is 9.80. The van der Waals surface area contributed by atoms with Gasteiger partial charge in [-0.1, -0.05) is 24.3 Å². The summed E-state index contributed by atoms with van der Waals surface area (Å²) in [4.78, 5) is 39.2. The van der Waals surface area contributed by atoms with E-state index in [2.05, 4.69) is 0 Å². The van der Waals surface area contributed by atoms with Gasteiger partial charge in [-0.05, 0) is 12.5 Å². The Bertz CT molecular complexity index is 1390. The molecule has 1 heterocycles. The zero-order valence-corrected chi connectivity index (χ0v) is 22.2. The predicted molar refractivity (Wildman–Crippen MR) is 137 cm³/mol. The maximum absolute atomic E-state index is 13.3. The predicted octanol–water partition coefficient (Wildman–Crippen LogP) is -1.74. The van der Waals surface area contributed by atoms with E-state index < -0.39 is 95.1 Å². The molecule has 0 amide bonds. The van der Waals surface area contributed by atoms with E-state index in [1.54, 1.807) is 12.1 Å². The van der Waals surface area contributed by atoms with E-state index in [1.165, 1.54) is 12.1 Å². The van der Waals surface area contributed by atoms with Gasteiger partial charge in [-0.15, -0.1) is 0 Å². The van der Waals surface area contributed by atoms with E-state index >= 15 is 0 Å². The van der Waals surface area contributed by atoms with Crippen molar-refractivity contribution in [2.24, 2.45) is 5.92 Å². The van der Waals surface area contributed by atoms with Crippen LogP contribution in [-0.4, -0.2) is 123 Å². The molecule has 2 aromatic rings. The number of aliphatic hydroxyl groups excluding tert-OH is 6. The number of rotatable bonds is 6. The van der Waals surface area contributed by atoms with Crippen LogP contribution in [0.15, 0.2) is 30.3 Å². The lowest BCUT2D eigenvalue weighted by Crippen LogP contribution is -2.57. The van der Waals surface area contributed by atoms with E-state index in [1.807, 2.05) is 0 Å². The third kappa shape index (κ3) is 5.05. The monoisotopic (exact) mass is 590 g/mol. The fourth-order valence-corrected chi connectivity index (χ4v) is 5.47. The molecule has 14 heteroatoms. The van der Waals surface area contributed by atoms with Crippen LogP contribution in [0.5, 0.6) is 11.5 Å². The van der Waals surface area contributed by atoms with E-state index in [9.17, 15) is 50.1 Å². The molecule has 0 spiro atoms. The van der Waals surface area contributed by atoms with Gasteiger partial charge in [0.15, 0.2) is 17.9 Å². The molecular formula is C28H30O14. The Labute approximate surface area is 238 Å². The molecule has 0 radical (unpaired) electrons. The second kappa shape index (κ2) is 11.7. The average molecular weight is 591 g/mol. The number of aliphatic hydroxyl groups is 6. The molecule has 0 bridgehead atoms. The summed E-state index contributed by atoms with van der Waals surface area (Å²) in [6, 6.07) is 7.02. The number of phenolic OH excluding ortho intramolecular Hbond substituents is 1. The van der Waals surface area contributed by atoms with E-state index in [0.29, 0.717) is 0 Å². The van der Waals surface area contributed by atoms with Crippen molar-refractivity contribution in [1.29, 1.82) is 0 Å². The maximum Gasteiger partial charge on any atom is 0.345 e. The number of benzene rings is 2. The molecule has 7 N–H and O–H groups in total. The summed E-state index contributed by atoms with van der Waals surface area (Å²) in [7, 11) is 1.02. The van der Waals surface area contributed by atoms with Gasteiger partial charge in [0.25, 0.3) is 0 Å². The summed E-state index contributed by atoms with van der Waals surface area (Å²) in [6.07, 6.45) is -12.4. The number of aromatic hydroxyl groups is 1. The fraction of sp³-hybridized carbons (Fsp3) is 0.464. The minimum absolute atomic E-state index is 0.0338. The number of hydrogen-bond acceptors (Lipinski definition) is 14. The van der Waals surface area contributed by atoms with Crippen molar-refractivity contribution in [3.63, 3.8) is 0 Å². The third-order valence-corrected chi connectivity index (χ3v) is 7.85. The molecule has 9 atom stereocenters. The number of carbonyl (C=O) groups is 3. The Morgan fingerprint density at radius 1 is 0.905 bits per heavy atom. The quantitative estimate of drug-likeness (QED) is 0.158. The van der Waals surface area contributed by atoms with E-state index in [0.717, 1.165) is 13.2 Å². The fourth-order valence-electron chi connectivity index (χ4n) is 5.47. The highest BCUT2D eigenvalue weighted by atomic mass is 16.7. The first kappa shape index (κ1) is 30.0. The lowest BCUT2D eigenvalue weighted by Gasteiger charge is -2.41. The van der Waals surface area contributed by atoms with Gasteiger partial charge >= 0.3 is 5.97 Å². The second-order valence-electron chi connectivity index (χ2n) is 10.4. The summed E-state index contributed by atoms with van der Waals surface area (Å²) >= 11 is 0. The smallest absolute Gasteiger partial charge is 0.345 e. The van der Waals surface area contributed by atoms with Gasteiger partial charge in [0, 0.05) is 22.6 Å². The highest BCUT2D eigenvalue weighted by Gasteiger charge is 2.46. The normalized spacial score (nSPS) is 32.6.